The van der Waals surface area contributed by atoms with Crippen molar-refractivity contribution in [1.29, 1.82) is 5.26 Å². The molecule has 0 atom stereocenters. The average Bonchev–Trinajstić information content (AvgIpc) is 2.40. The first-order valence-electron chi connectivity index (χ1n) is 5.37. The average molecular weight is 305 g/mol. The van der Waals surface area contributed by atoms with Crippen molar-refractivity contribution in [3.8, 4) is 6.07 Å². The van der Waals surface area contributed by atoms with Crippen molar-refractivity contribution in [3.63, 3.8) is 0 Å². The predicted octanol–water partition coefficient (Wildman–Crippen LogP) is 4.07. The molecular formula is C14H10BrFN2. The first-order chi connectivity index (χ1) is 8.69. The zero-order valence-electron chi connectivity index (χ0n) is 9.45. The van der Waals surface area contributed by atoms with Gasteiger partial charge in [-0.3, -0.25) is 0 Å². The van der Waals surface area contributed by atoms with Gasteiger partial charge in [0.1, 0.15) is 5.82 Å². The summed E-state index contributed by atoms with van der Waals surface area (Å²) >= 11 is 3.35. The molecule has 0 aliphatic heterocycles. The number of anilines is 1. The van der Waals surface area contributed by atoms with E-state index in [0.29, 0.717) is 17.8 Å². The van der Waals surface area contributed by atoms with Gasteiger partial charge in [-0.2, -0.15) is 5.26 Å². The third kappa shape index (κ3) is 3.08. The highest BCUT2D eigenvalue weighted by molar-refractivity contribution is 9.10. The second-order valence-corrected chi connectivity index (χ2v) is 4.64. The number of nitrogens with one attached hydrogen (secondary N) is 1. The van der Waals surface area contributed by atoms with Gasteiger partial charge in [-0.1, -0.05) is 12.1 Å². The minimum absolute atomic E-state index is 0.277. The molecule has 0 aromatic heterocycles. The zero-order chi connectivity index (χ0) is 13.0. The van der Waals surface area contributed by atoms with Gasteiger partial charge in [0.25, 0.3) is 0 Å². The van der Waals surface area contributed by atoms with Crippen molar-refractivity contribution in [1.82, 2.24) is 0 Å². The summed E-state index contributed by atoms with van der Waals surface area (Å²) in [5, 5.41) is 11.8. The van der Waals surface area contributed by atoms with Crippen molar-refractivity contribution in [2.24, 2.45) is 0 Å². The van der Waals surface area contributed by atoms with Crippen LogP contribution in [0.3, 0.4) is 0 Å². The van der Waals surface area contributed by atoms with E-state index in [0.717, 1.165) is 10.0 Å². The molecule has 0 spiro atoms. The molecule has 2 aromatic rings. The Morgan fingerprint density at radius 1 is 1.17 bits per heavy atom. The van der Waals surface area contributed by atoms with Gasteiger partial charge >= 0.3 is 0 Å². The highest BCUT2D eigenvalue weighted by atomic mass is 79.9. The zero-order valence-corrected chi connectivity index (χ0v) is 11.0. The van der Waals surface area contributed by atoms with Crippen molar-refractivity contribution < 1.29 is 4.39 Å². The van der Waals surface area contributed by atoms with Gasteiger partial charge in [-0.15, -0.1) is 0 Å². The lowest BCUT2D eigenvalue weighted by Gasteiger charge is -2.08. The molecular weight excluding hydrogens is 295 g/mol. The Kier molecular flexibility index (Phi) is 3.96. The van der Waals surface area contributed by atoms with E-state index in [1.54, 1.807) is 18.2 Å². The normalized spacial score (nSPS) is 9.83. The summed E-state index contributed by atoms with van der Waals surface area (Å²) in [5.41, 5.74) is 2.37. The second kappa shape index (κ2) is 5.65. The Bertz CT molecular complexity index is 588. The Labute approximate surface area is 113 Å². The van der Waals surface area contributed by atoms with E-state index in [2.05, 4.69) is 27.3 Å². The van der Waals surface area contributed by atoms with E-state index in [-0.39, 0.29) is 5.82 Å². The molecule has 4 heteroatoms. The lowest BCUT2D eigenvalue weighted by atomic mass is 10.1. The number of benzene rings is 2. The van der Waals surface area contributed by atoms with Gasteiger partial charge in [-0.25, -0.2) is 4.39 Å². The summed E-state index contributed by atoms with van der Waals surface area (Å²) in [7, 11) is 0. The van der Waals surface area contributed by atoms with Crippen LogP contribution in [0.1, 0.15) is 11.1 Å². The molecule has 0 aliphatic carbocycles. The van der Waals surface area contributed by atoms with E-state index in [9.17, 15) is 4.39 Å². The molecule has 1 N–H and O–H groups in total. The lowest BCUT2D eigenvalue weighted by Crippen LogP contribution is -2.00. The molecule has 0 amide bonds. The van der Waals surface area contributed by atoms with Gasteiger partial charge in [0.05, 0.1) is 17.3 Å². The molecule has 0 unspecified atom stereocenters. The fourth-order valence-electron chi connectivity index (χ4n) is 1.53. The van der Waals surface area contributed by atoms with E-state index in [1.807, 2.05) is 12.1 Å². The Morgan fingerprint density at radius 3 is 2.56 bits per heavy atom. The van der Waals surface area contributed by atoms with E-state index >= 15 is 0 Å². The molecule has 0 radical (unpaired) electrons. The molecule has 0 saturated heterocycles. The quantitative estimate of drug-likeness (QED) is 0.927. The van der Waals surface area contributed by atoms with Crippen LogP contribution in [0, 0.1) is 17.1 Å². The first kappa shape index (κ1) is 12.6. The maximum atomic E-state index is 13.1. The van der Waals surface area contributed by atoms with Gasteiger partial charge < -0.3 is 5.32 Å². The predicted molar refractivity (Wildman–Crippen MR) is 72.6 cm³/mol. The molecule has 0 aliphatic rings. The van der Waals surface area contributed by atoms with Crippen LogP contribution in [0.4, 0.5) is 10.1 Å². The van der Waals surface area contributed by atoms with E-state index < -0.39 is 0 Å². The summed E-state index contributed by atoms with van der Waals surface area (Å²) in [5.74, 6) is -0.277. The maximum Gasteiger partial charge on any atom is 0.125 e. The Balaban J connectivity index is 2.07. The number of hydrogen-bond acceptors (Lipinski definition) is 2. The summed E-state index contributed by atoms with van der Waals surface area (Å²) < 4.78 is 13.9. The topological polar surface area (TPSA) is 35.8 Å². The molecule has 0 saturated carbocycles. The number of rotatable bonds is 3. The first-order valence-corrected chi connectivity index (χ1v) is 6.16. The molecule has 0 bridgehead atoms. The minimum atomic E-state index is -0.277. The SMILES string of the molecule is N#Cc1ccc(CNc2cc(F)ccc2Br)cc1. The van der Waals surface area contributed by atoms with Crippen LogP contribution in [0.5, 0.6) is 0 Å². The third-order valence-electron chi connectivity index (χ3n) is 2.49. The smallest absolute Gasteiger partial charge is 0.125 e. The van der Waals surface area contributed by atoms with Crippen LogP contribution in [-0.4, -0.2) is 0 Å². The Hall–Kier alpha value is -1.86. The summed E-state index contributed by atoms with van der Waals surface area (Å²) in [4.78, 5) is 0. The van der Waals surface area contributed by atoms with E-state index in [4.69, 9.17) is 5.26 Å². The van der Waals surface area contributed by atoms with Gasteiger partial charge in [-0.05, 0) is 51.8 Å². The fourth-order valence-corrected chi connectivity index (χ4v) is 1.91. The molecule has 0 fully saturated rings. The molecule has 18 heavy (non-hydrogen) atoms. The van der Waals surface area contributed by atoms with Crippen LogP contribution in [0.25, 0.3) is 0 Å². The molecule has 2 nitrogen and oxygen atoms in total. The number of nitriles is 1. The summed E-state index contributed by atoms with van der Waals surface area (Å²) in [6.45, 7) is 0.577. The van der Waals surface area contributed by atoms with Crippen LogP contribution in [-0.2, 0) is 6.54 Å². The van der Waals surface area contributed by atoms with E-state index in [1.165, 1.54) is 12.1 Å². The van der Waals surface area contributed by atoms with Crippen LogP contribution < -0.4 is 5.32 Å². The molecule has 90 valence electrons. The maximum absolute atomic E-state index is 13.1. The van der Waals surface area contributed by atoms with Crippen LogP contribution in [0.2, 0.25) is 0 Å². The largest absolute Gasteiger partial charge is 0.380 e. The number of halogens is 2. The standard InChI is InChI=1S/C14H10BrFN2/c15-13-6-5-12(16)7-14(13)18-9-11-3-1-10(8-17)2-4-11/h1-7,18H,9H2. The van der Waals surface area contributed by atoms with Gasteiger partial charge in [0, 0.05) is 11.0 Å². The number of nitrogens with zero attached hydrogens (tertiary/aromatic N) is 1. The molecule has 0 heterocycles. The van der Waals surface area contributed by atoms with Crippen LogP contribution >= 0.6 is 15.9 Å². The second-order valence-electron chi connectivity index (χ2n) is 3.79. The monoisotopic (exact) mass is 304 g/mol. The van der Waals surface area contributed by atoms with Crippen molar-refractivity contribution in [3.05, 3.63) is 63.9 Å². The fraction of sp³-hybridized carbons (Fsp3) is 0.0714. The van der Waals surface area contributed by atoms with Crippen molar-refractivity contribution >= 4 is 21.6 Å². The highest BCUT2D eigenvalue weighted by Crippen LogP contribution is 2.23. The van der Waals surface area contributed by atoms with Crippen molar-refractivity contribution in [2.45, 2.75) is 6.54 Å². The lowest BCUT2D eigenvalue weighted by molar-refractivity contribution is 0.628. The summed E-state index contributed by atoms with van der Waals surface area (Å²) in [6.07, 6.45) is 0. The third-order valence-corrected chi connectivity index (χ3v) is 3.19. The summed E-state index contributed by atoms with van der Waals surface area (Å²) in [6, 6.07) is 13.8. The van der Waals surface area contributed by atoms with Crippen LogP contribution in [0.15, 0.2) is 46.9 Å². The van der Waals surface area contributed by atoms with Gasteiger partial charge in [0.2, 0.25) is 0 Å². The van der Waals surface area contributed by atoms with Gasteiger partial charge in [0.15, 0.2) is 0 Å². The highest BCUT2D eigenvalue weighted by Gasteiger charge is 2.01. The Morgan fingerprint density at radius 2 is 1.89 bits per heavy atom. The molecule has 2 rings (SSSR count). The minimum Gasteiger partial charge on any atom is -0.380 e. The molecule has 2 aromatic carbocycles. The van der Waals surface area contributed by atoms with Crippen molar-refractivity contribution in [2.75, 3.05) is 5.32 Å². The number of hydrogen-bond donors (Lipinski definition) is 1.